The predicted octanol–water partition coefficient (Wildman–Crippen LogP) is 2.63. The van der Waals surface area contributed by atoms with Crippen LogP contribution in [0.3, 0.4) is 0 Å². The van der Waals surface area contributed by atoms with Gasteiger partial charge in [0.15, 0.2) is 0 Å². The van der Waals surface area contributed by atoms with Crippen molar-refractivity contribution >= 4 is 23.4 Å². The lowest BCUT2D eigenvalue weighted by molar-refractivity contribution is -0.153. The van der Waals surface area contributed by atoms with Crippen molar-refractivity contribution in [2.45, 2.75) is 51.2 Å². The molecule has 0 spiro atoms. The maximum Gasteiger partial charge on any atom is 0.411 e. The van der Waals surface area contributed by atoms with E-state index in [2.05, 4.69) is 4.98 Å². The van der Waals surface area contributed by atoms with Crippen LogP contribution in [-0.4, -0.2) is 46.7 Å². The first-order valence-electron chi connectivity index (χ1n) is 7.25. The monoisotopic (exact) mass is 326 g/mol. The van der Waals surface area contributed by atoms with E-state index in [1.54, 1.807) is 11.7 Å². The van der Waals surface area contributed by atoms with Gasteiger partial charge in [0, 0.05) is 24.0 Å². The van der Waals surface area contributed by atoms with E-state index >= 15 is 0 Å². The average molecular weight is 326 g/mol. The molecule has 1 atom stereocenters. The van der Waals surface area contributed by atoms with Gasteiger partial charge in [-0.05, 0) is 33.6 Å². The molecule has 2 rings (SSSR count). The second kappa shape index (κ2) is 6.24. The lowest BCUT2D eigenvalue weighted by atomic mass is 9.91. The Morgan fingerprint density at radius 2 is 2.18 bits per heavy atom. The van der Waals surface area contributed by atoms with Crippen molar-refractivity contribution < 1.29 is 19.1 Å². The number of ether oxygens (including phenoxy) is 2. The molecule has 7 heteroatoms. The average Bonchev–Trinajstić information content (AvgIpc) is 3.06. The van der Waals surface area contributed by atoms with Crippen molar-refractivity contribution in [2.75, 3.05) is 13.7 Å². The van der Waals surface area contributed by atoms with Crippen molar-refractivity contribution in [3.8, 4) is 0 Å². The van der Waals surface area contributed by atoms with Gasteiger partial charge >= 0.3 is 12.1 Å². The summed E-state index contributed by atoms with van der Waals surface area (Å²) in [7, 11) is 1.35. The lowest BCUT2D eigenvalue weighted by Gasteiger charge is -2.36. The van der Waals surface area contributed by atoms with Gasteiger partial charge in [-0.25, -0.2) is 9.59 Å². The third-order valence-electron chi connectivity index (χ3n) is 3.62. The summed E-state index contributed by atoms with van der Waals surface area (Å²) in [5.74, 6) is -0.399. The quantitative estimate of drug-likeness (QED) is 0.799. The molecule has 2 heterocycles. The zero-order chi connectivity index (χ0) is 16.4. The highest BCUT2D eigenvalue weighted by Crippen LogP contribution is 2.36. The summed E-state index contributed by atoms with van der Waals surface area (Å²) < 4.78 is 10.5. The Bertz CT molecular complexity index is 538. The van der Waals surface area contributed by atoms with E-state index in [0.29, 0.717) is 19.4 Å². The van der Waals surface area contributed by atoms with Gasteiger partial charge in [-0.15, -0.1) is 11.3 Å². The fourth-order valence-corrected chi connectivity index (χ4v) is 3.44. The second-order valence-electron chi connectivity index (χ2n) is 6.40. The van der Waals surface area contributed by atoms with E-state index in [9.17, 15) is 9.59 Å². The van der Waals surface area contributed by atoms with Gasteiger partial charge in [0.1, 0.15) is 11.1 Å². The van der Waals surface area contributed by atoms with Crippen molar-refractivity contribution in [2.24, 2.45) is 0 Å². The molecule has 1 unspecified atom stereocenters. The van der Waals surface area contributed by atoms with Crippen molar-refractivity contribution in [3.05, 3.63) is 16.6 Å². The highest BCUT2D eigenvalue weighted by atomic mass is 32.1. The fraction of sp³-hybridized carbons (Fsp3) is 0.667. The number of nitrogens with zero attached hydrogens (tertiary/aromatic N) is 2. The first-order chi connectivity index (χ1) is 10.3. The number of methoxy groups -OCH3 is 1. The third-order valence-corrected chi connectivity index (χ3v) is 4.40. The van der Waals surface area contributed by atoms with Crippen LogP contribution in [0.15, 0.2) is 11.7 Å². The normalized spacial score (nSPS) is 21.7. The Kier molecular flexibility index (Phi) is 4.75. The molecule has 1 saturated heterocycles. The third kappa shape index (κ3) is 3.40. The van der Waals surface area contributed by atoms with Crippen LogP contribution in [0.25, 0.3) is 0 Å². The first kappa shape index (κ1) is 16.7. The molecule has 0 aliphatic carbocycles. The predicted molar refractivity (Wildman–Crippen MR) is 82.7 cm³/mol. The molecule has 1 aliphatic rings. The number of amides is 1. The van der Waals surface area contributed by atoms with Crippen molar-refractivity contribution in [3.63, 3.8) is 0 Å². The number of rotatable bonds is 3. The molecule has 122 valence electrons. The van der Waals surface area contributed by atoms with E-state index in [1.807, 2.05) is 20.8 Å². The standard InChI is InChI=1S/C15H22N2O4S/c1-14(2,3)21-13(19)17-7-5-6-15(17,12(18)20-4)8-11-9-16-10-22-11/h9-10H,5-8H2,1-4H3. The minimum atomic E-state index is -0.996. The summed E-state index contributed by atoms with van der Waals surface area (Å²) in [6.45, 7) is 5.92. The van der Waals surface area contributed by atoms with Crippen LogP contribution in [0.2, 0.25) is 0 Å². The van der Waals surface area contributed by atoms with Gasteiger partial charge in [-0.1, -0.05) is 0 Å². The summed E-state index contributed by atoms with van der Waals surface area (Å²) in [4.78, 5) is 31.5. The molecule has 1 fully saturated rings. The highest BCUT2D eigenvalue weighted by Gasteiger charge is 2.52. The Morgan fingerprint density at radius 3 is 2.73 bits per heavy atom. The van der Waals surface area contributed by atoms with Crippen LogP contribution in [0.4, 0.5) is 4.79 Å². The zero-order valence-corrected chi connectivity index (χ0v) is 14.2. The number of aromatic nitrogens is 1. The SMILES string of the molecule is COC(=O)C1(Cc2cncs2)CCCN1C(=O)OC(C)(C)C. The highest BCUT2D eigenvalue weighted by molar-refractivity contribution is 7.09. The molecule has 1 amide bonds. The molecule has 6 nitrogen and oxygen atoms in total. The number of carbonyl (C=O) groups excluding carboxylic acids is 2. The van der Waals surface area contributed by atoms with Gasteiger partial charge < -0.3 is 9.47 Å². The van der Waals surface area contributed by atoms with Crippen LogP contribution in [-0.2, 0) is 20.7 Å². The van der Waals surface area contributed by atoms with E-state index in [-0.39, 0.29) is 0 Å². The summed E-state index contributed by atoms with van der Waals surface area (Å²) in [6, 6.07) is 0. The summed E-state index contributed by atoms with van der Waals surface area (Å²) in [5, 5.41) is 0. The molecule has 0 bridgehead atoms. The maximum absolute atomic E-state index is 12.5. The van der Waals surface area contributed by atoms with Crippen LogP contribution in [0.5, 0.6) is 0 Å². The number of likely N-dealkylation sites (tertiary alicyclic amines) is 1. The lowest BCUT2D eigenvalue weighted by Crippen LogP contribution is -2.56. The van der Waals surface area contributed by atoms with Crippen LogP contribution in [0, 0.1) is 0 Å². The molecule has 1 aromatic heterocycles. The van der Waals surface area contributed by atoms with Gasteiger partial charge in [-0.2, -0.15) is 0 Å². The van der Waals surface area contributed by atoms with Crippen LogP contribution in [0.1, 0.15) is 38.5 Å². The minimum absolute atomic E-state index is 0.399. The van der Waals surface area contributed by atoms with Crippen LogP contribution < -0.4 is 0 Å². The van der Waals surface area contributed by atoms with E-state index in [0.717, 1.165) is 11.3 Å². The molecule has 0 N–H and O–H groups in total. The number of hydrogen-bond acceptors (Lipinski definition) is 6. The number of esters is 1. The van der Waals surface area contributed by atoms with Gasteiger partial charge in [0.25, 0.3) is 0 Å². The van der Waals surface area contributed by atoms with Gasteiger partial charge in [-0.3, -0.25) is 9.88 Å². The molecule has 0 saturated carbocycles. The number of hydrogen-bond donors (Lipinski definition) is 0. The van der Waals surface area contributed by atoms with E-state index < -0.39 is 23.2 Å². The molecule has 1 aromatic rings. The zero-order valence-electron chi connectivity index (χ0n) is 13.4. The Labute approximate surface area is 134 Å². The fourth-order valence-electron chi connectivity index (χ4n) is 2.74. The second-order valence-corrected chi connectivity index (χ2v) is 7.37. The van der Waals surface area contributed by atoms with Crippen molar-refractivity contribution in [1.82, 2.24) is 9.88 Å². The smallest absolute Gasteiger partial charge is 0.411 e. The Balaban J connectivity index is 2.30. The maximum atomic E-state index is 12.5. The molecule has 0 aromatic carbocycles. The Morgan fingerprint density at radius 1 is 1.45 bits per heavy atom. The topological polar surface area (TPSA) is 68.7 Å². The molecular weight excluding hydrogens is 304 g/mol. The Hall–Kier alpha value is -1.63. The number of carbonyl (C=O) groups is 2. The first-order valence-corrected chi connectivity index (χ1v) is 8.13. The summed E-state index contributed by atoms with van der Waals surface area (Å²) in [6.07, 6.45) is 2.97. The van der Waals surface area contributed by atoms with E-state index in [1.165, 1.54) is 23.3 Å². The molecular formula is C15H22N2O4S. The van der Waals surface area contributed by atoms with Crippen LogP contribution >= 0.6 is 11.3 Å². The minimum Gasteiger partial charge on any atom is -0.467 e. The summed E-state index contributed by atoms with van der Waals surface area (Å²) in [5.41, 5.74) is 0.114. The molecule has 1 aliphatic heterocycles. The van der Waals surface area contributed by atoms with Crippen molar-refractivity contribution in [1.29, 1.82) is 0 Å². The molecule has 0 radical (unpaired) electrons. The van der Waals surface area contributed by atoms with E-state index in [4.69, 9.17) is 9.47 Å². The number of thiazole rings is 1. The molecule has 22 heavy (non-hydrogen) atoms. The summed E-state index contributed by atoms with van der Waals surface area (Å²) >= 11 is 1.47. The largest absolute Gasteiger partial charge is 0.467 e. The van der Waals surface area contributed by atoms with Gasteiger partial charge in [0.05, 0.1) is 12.6 Å². The van der Waals surface area contributed by atoms with Gasteiger partial charge in [0.2, 0.25) is 0 Å².